The molecule has 1 aromatic heterocycles. The number of quaternary nitrogens is 1. The second-order valence-corrected chi connectivity index (χ2v) is 9.35. The average Bonchev–Trinajstić information content (AvgIpc) is 3.27. The molecule has 34 heavy (non-hydrogen) atoms. The van der Waals surface area contributed by atoms with Gasteiger partial charge in [-0.2, -0.15) is 0 Å². The van der Waals surface area contributed by atoms with Gasteiger partial charge in [-0.25, -0.2) is 4.98 Å². The molecule has 0 radical (unpaired) electrons. The summed E-state index contributed by atoms with van der Waals surface area (Å²) in [7, 11) is 0. The molecule has 3 aromatic rings. The molecule has 1 N–H and O–H groups in total. The molecule has 0 atom stereocenters. The van der Waals surface area contributed by atoms with Gasteiger partial charge in [-0.15, -0.1) is 10.2 Å². The van der Waals surface area contributed by atoms with Crippen molar-refractivity contribution in [1.29, 1.82) is 0 Å². The van der Waals surface area contributed by atoms with Crippen LogP contribution in [0.5, 0.6) is 0 Å². The molecule has 3 aliphatic heterocycles. The number of azo groups is 1. The highest BCUT2D eigenvalue weighted by atomic mass is 16.6. The number of rotatable bonds is 8. The Kier molecular flexibility index (Phi) is 6.01. The van der Waals surface area contributed by atoms with Crippen molar-refractivity contribution in [2.24, 2.45) is 10.2 Å². The smallest absolute Gasteiger partial charge is 0.271 e. The van der Waals surface area contributed by atoms with Crippen LogP contribution in [0.1, 0.15) is 12.5 Å². The molecule has 0 aliphatic carbocycles. The average molecular weight is 464 g/mol. The lowest BCUT2D eigenvalue weighted by molar-refractivity contribution is -0.939. The number of hydrogen-bond acceptors (Lipinski definition) is 7. The largest absolute Gasteiger partial charge is 0.366 e. The van der Waals surface area contributed by atoms with E-state index in [4.69, 9.17) is 0 Å². The lowest BCUT2D eigenvalue weighted by Crippen LogP contribution is -2.68. The summed E-state index contributed by atoms with van der Waals surface area (Å²) in [5.74, 6) is 0.324. The molecule has 4 heterocycles. The van der Waals surface area contributed by atoms with Crippen LogP contribution < -0.4 is 4.90 Å². The number of hydrogen-bond donors (Lipinski definition) is 1. The second-order valence-electron chi connectivity index (χ2n) is 9.35. The van der Waals surface area contributed by atoms with Crippen LogP contribution in [0.25, 0.3) is 11.0 Å². The fourth-order valence-electron chi connectivity index (χ4n) is 5.06. The molecular formula is C24H31N8O2+. The summed E-state index contributed by atoms with van der Waals surface area (Å²) in [6, 6.07) is 10.8. The van der Waals surface area contributed by atoms with Crippen molar-refractivity contribution in [3.63, 3.8) is 0 Å². The monoisotopic (exact) mass is 463 g/mol. The highest BCUT2D eigenvalue weighted by molar-refractivity contribution is 5.79. The van der Waals surface area contributed by atoms with E-state index in [-0.39, 0.29) is 5.69 Å². The molecule has 0 spiro atoms. The van der Waals surface area contributed by atoms with E-state index in [0.717, 1.165) is 24.3 Å². The van der Waals surface area contributed by atoms with Gasteiger partial charge in [0, 0.05) is 44.0 Å². The highest BCUT2D eigenvalue weighted by Crippen LogP contribution is 2.28. The summed E-state index contributed by atoms with van der Waals surface area (Å²) >= 11 is 0. The second kappa shape index (κ2) is 9.11. The van der Waals surface area contributed by atoms with Crippen molar-refractivity contribution < 1.29 is 9.41 Å². The molecule has 10 nitrogen and oxygen atoms in total. The molecule has 6 rings (SSSR count). The van der Waals surface area contributed by atoms with Gasteiger partial charge < -0.3 is 14.4 Å². The zero-order valence-electron chi connectivity index (χ0n) is 19.8. The minimum Gasteiger partial charge on any atom is -0.366 e. The van der Waals surface area contributed by atoms with Crippen LogP contribution in [0.15, 0.2) is 46.6 Å². The van der Waals surface area contributed by atoms with Crippen molar-refractivity contribution in [1.82, 2.24) is 14.9 Å². The van der Waals surface area contributed by atoms with Gasteiger partial charge in [0.1, 0.15) is 0 Å². The lowest BCUT2D eigenvalue weighted by Gasteiger charge is -2.51. The summed E-state index contributed by atoms with van der Waals surface area (Å²) in [6.45, 7) is 15.1. The number of benzene rings is 2. The van der Waals surface area contributed by atoms with Gasteiger partial charge in [0.2, 0.25) is 5.95 Å². The maximum Gasteiger partial charge on any atom is 0.271 e. The number of aromatic amines is 1. The topological polar surface area (TPSA) is 103 Å². The summed E-state index contributed by atoms with van der Waals surface area (Å²) in [6.07, 6.45) is 0. The van der Waals surface area contributed by atoms with E-state index in [1.165, 1.54) is 68.1 Å². The van der Waals surface area contributed by atoms with Gasteiger partial charge in [-0.1, -0.05) is 0 Å². The quantitative estimate of drug-likeness (QED) is 0.234. The zero-order valence-corrected chi connectivity index (χ0v) is 19.8. The van der Waals surface area contributed by atoms with Gasteiger partial charge in [-0.3, -0.25) is 15.0 Å². The SMILES string of the molecule is CCN(CC[N+]12CCN(CC1)CC2)c1ccc(N=Nc2nc3cc([N+](=O)[O-])ccc3[nH]2)c(C)c1. The van der Waals surface area contributed by atoms with E-state index in [1.807, 2.05) is 13.0 Å². The Labute approximate surface area is 198 Å². The van der Waals surface area contributed by atoms with Gasteiger partial charge in [0.05, 0.1) is 54.4 Å². The third kappa shape index (κ3) is 4.51. The third-order valence-electron chi connectivity index (χ3n) is 7.36. The number of anilines is 1. The minimum absolute atomic E-state index is 0.00162. The number of nitro benzene ring substituents is 1. The molecule has 10 heteroatoms. The molecule has 3 fully saturated rings. The predicted molar refractivity (Wildman–Crippen MR) is 132 cm³/mol. The van der Waals surface area contributed by atoms with Crippen LogP contribution in [0.3, 0.4) is 0 Å². The number of imidazole rings is 1. The van der Waals surface area contributed by atoms with E-state index in [2.05, 4.69) is 49.1 Å². The maximum atomic E-state index is 11.0. The summed E-state index contributed by atoms with van der Waals surface area (Å²) < 4.78 is 1.26. The predicted octanol–water partition coefficient (Wildman–Crippen LogP) is 4.17. The number of non-ortho nitro benzene ring substituents is 1. The van der Waals surface area contributed by atoms with Gasteiger partial charge in [-0.05, 0) is 43.7 Å². The van der Waals surface area contributed by atoms with Crippen LogP contribution in [0.2, 0.25) is 0 Å². The van der Waals surface area contributed by atoms with Crippen molar-refractivity contribution in [2.75, 3.05) is 63.8 Å². The normalized spacial score (nSPS) is 22.0. The molecule has 3 aliphatic rings. The Balaban J connectivity index is 1.27. The number of nitro groups is 1. The fourth-order valence-corrected chi connectivity index (χ4v) is 5.06. The first-order valence-electron chi connectivity index (χ1n) is 11.9. The van der Waals surface area contributed by atoms with Crippen molar-refractivity contribution in [3.05, 3.63) is 52.1 Å². The number of nitrogens with zero attached hydrogens (tertiary/aromatic N) is 7. The molecule has 2 aromatic carbocycles. The first kappa shape index (κ1) is 22.4. The van der Waals surface area contributed by atoms with E-state index >= 15 is 0 Å². The van der Waals surface area contributed by atoms with Gasteiger partial charge in [0.15, 0.2) is 0 Å². The Morgan fingerprint density at radius 3 is 2.59 bits per heavy atom. The fraction of sp³-hybridized carbons (Fsp3) is 0.458. The first-order chi connectivity index (χ1) is 16.4. The van der Waals surface area contributed by atoms with Crippen LogP contribution in [-0.2, 0) is 0 Å². The van der Waals surface area contributed by atoms with Gasteiger partial charge >= 0.3 is 0 Å². The summed E-state index contributed by atoms with van der Waals surface area (Å²) in [5, 5.41) is 19.6. The first-order valence-corrected chi connectivity index (χ1v) is 11.9. The van der Waals surface area contributed by atoms with Crippen LogP contribution in [0, 0.1) is 17.0 Å². The molecule has 2 bridgehead atoms. The molecular weight excluding hydrogens is 432 g/mol. The lowest BCUT2D eigenvalue weighted by atomic mass is 10.1. The van der Waals surface area contributed by atoms with E-state index in [1.54, 1.807) is 6.07 Å². The number of aromatic nitrogens is 2. The summed E-state index contributed by atoms with van der Waals surface area (Å²) in [4.78, 5) is 22.9. The standard InChI is InChI=1S/C24H31N8O2/c1-3-30(11-15-32-12-8-29(9-13-32)10-14-32)19-4-6-21(18(2)16-19)27-28-24-25-22-7-5-20(31(33)34)17-23(22)26-24/h4-7,16-17H,3,8-15H2,1-2H3,(H,25,26)/q+1. The molecule has 0 unspecified atom stereocenters. The number of H-pyrrole nitrogens is 1. The van der Waals surface area contributed by atoms with Crippen molar-refractivity contribution in [3.8, 4) is 0 Å². The van der Waals surface area contributed by atoms with Crippen LogP contribution in [0.4, 0.5) is 23.0 Å². The highest BCUT2D eigenvalue weighted by Gasteiger charge is 2.38. The van der Waals surface area contributed by atoms with Crippen LogP contribution >= 0.6 is 0 Å². The number of fused-ring (bicyclic) bond motifs is 4. The number of piperazine rings is 3. The van der Waals surface area contributed by atoms with Crippen molar-refractivity contribution in [2.45, 2.75) is 13.8 Å². The molecule has 0 saturated carbocycles. The van der Waals surface area contributed by atoms with Gasteiger partial charge in [0.25, 0.3) is 5.69 Å². The number of likely N-dealkylation sites (N-methyl/N-ethyl adjacent to an activating group) is 1. The van der Waals surface area contributed by atoms with E-state index in [9.17, 15) is 10.1 Å². The molecule has 0 amide bonds. The maximum absolute atomic E-state index is 11.0. The molecule has 3 saturated heterocycles. The van der Waals surface area contributed by atoms with E-state index in [0.29, 0.717) is 17.0 Å². The number of aryl methyl sites for hydroxylation is 1. The van der Waals surface area contributed by atoms with Crippen molar-refractivity contribution >= 4 is 34.0 Å². The summed E-state index contributed by atoms with van der Waals surface area (Å²) in [5.41, 5.74) is 4.22. The molecule has 178 valence electrons. The Morgan fingerprint density at radius 1 is 1.15 bits per heavy atom. The Bertz CT molecular complexity index is 1220. The van der Waals surface area contributed by atoms with Crippen LogP contribution in [-0.4, -0.2) is 83.2 Å². The third-order valence-corrected chi connectivity index (χ3v) is 7.36. The zero-order chi connectivity index (χ0) is 23.7. The Morgan fingerprint density at radius 2 is 1.91 bits per heavy atom. The minimum atomic E-state index is -0.434. The Hall–Kier alpha value is -3.37. The number of nitrogens with one attached hydrogen (secondary N) is 1. The van der Waals surface area contributed by atoms with E-state index < -0.39 is 4.92 Å².